The Bertz CT molecular complexity index is 1040. The SMILES string of the molecule is CN1C=C/C(=C(\c2ccc([N+](=O)[O-])cc2[N+](=O)[O-])[N+](=O)[O-])c2ccccc21. The highest BCUT2D eigenvalue weighted by atomic mass is 16.6. The number of nitro groups is 3. The van der Waals surface area contributed by atoms with Gasteiger partial charge in [-0.05, 0) is 18.2 Å². The molecule has 1 heterocycles. The number of hydrogen-bond donors (Lipinski definition) is 0. The molecule has 3 rings (SSSR count). The second kappa shape index (κ2) is 6.67. The molecule has 0 aromatic heterocycles. The van der Waals surface area contributed by atoms with Gasteiger partial charge in [-0.15, -0.1) is 0 Å². The van der Waals surface area contributed by atoms with Crippen molar-refractivity contribution >= 4 is 28.3 Å². The molecule has 0 bridgehead atoms. The molecule has 0 radical (unpaired) electrons. The average molecular weight is 368 g/mol. The highest BCUT2D eigenvalue weighted by Crippen LogP contribution is 2.40. The lowest BCUT2D eigenvalue weighted by atomic mass is 9.95. The lowest BCUT2D eigenvalue weighted by molar-refractivity contribution is -0.397. The van der Waals surface area contributed by atoms with E-state index in [0.717, 1.165) is 18.2 Å². The van der Waals surface area contributed by atoms with Crippen molar-refractivity contribution in [3.8, 4) is 0 Å². The molecule has 1 aliphatic rings. The van der Waals surface area contributed by atoms with E-state index in [1.165, 1.54) is 6.08 Å². The molecule has 0 fully saturated rings. The molecule has 0 amide bonds. The summed E-state index contributed by atoms with van der Waals surface area (Å²) < 4.78 is 0. The highest BCUT2D eigenvalue weighted by molar-refractivity contribution is 5.99. The maximum atomic E-state index is 11.8. The number of nitro benzene ring substituents is 2. The van der Waals surface area contributed by atoms with Crippen molar-refractivity contribution in [1.82, 2.24) is 0 Å². The molecule has 1 aliphatic heterocycles. The summed E-state index contributed by atoms with van der Waals surface area (Å²) in [6.07, 6.45) is 3.10. The van der Waals surface area contributed by atoms with Crippen LogP contribution in [0.5, 0.6) is 0 Å². The van der Waals surface area contributed by atoms with Gasteiger partial charge in [-0.2, -0.15) is 0 Å². The van der Waals surface area contributed by atoms with E-state index >= 15 is 0 Å². The number of para-hydroxylation sites is 1. The summed E-state index contributed by atoms with van der Waals surface area (Å²) in [5.74, 6) is 0. The number of non-ortho nitro benzene ring substituents is 1. The smallest absolute Gasteiger partial charge is 0.291 e. The zero-order chi connectivity index (χ0) is 19.7. The first-order valence-corrected chi connectivity index (χ1v) is 7.63. The van der Waals surface area contributed by atoms with Gasteiger partial charge in [0.15, 0.2) is 0 Å². The van der Waals surface area contributed by atoms with Crippen molar-refractivity contribution in [2.75, 3.05) is 11.9 Å². The summed E-state index contributed by atoms with van der Waals surface area (Å²) in [4.78, 5) is 33.6. The fourth-order valence-corrected chi connectivity index (χ4v) is 2.90. The first-order chi connectivity index (χ1) is 12.8. The van der Waals surface area contributed by atoms with Crippen LogP contribution in [0, 0.1) is 30.3 Å². The Morgan fingerprint density at radius 1 is 0.963 bits per heavy atom. The third-order valence-corrected chi connectivity index (χ3v) is 4.12. The van der Waals surface area contributed by atoms with E-state index in [0.29, 0.717) is 11.3 Å². The zero-order valence-electron chi connectivity index (χ0n) is 13.9. The Morgan fingerprint density at radius 3 is 2.30 bits per heavy atom. The molecule has 0 saturated carbocycles. The van der Waals surface area contributed by atoms with Crippen molar-refractivity contribution in [2.24, 2.45) is 0 Å². The van der Waals surface area contributed by atoms with Crippen LogP contribution in [0.3, 0.4) is 0 Å². The first kappa shape index (κ1) is 17.7. The van der Waals surface area contributed by atoms with Crippen molar-refractivity contribution in [3.63, 3.8) is 0 Å². The Labute approximate surface area is 152 Å². The number of hydrogen-bond acceptors (Lipinski definition) is 7. The standard InChI is InChI=1S/C17H12N4O6/c1-18-9-8-13(12-4-2-3-5-15(12)18)17(21(26)27)14-7-6-11(19(22)23)10-16(14)20(24)25/h2-10H,1H3/b17-13-. The van der Waals surface area contributed by atoms with Crippen LogP contribution < -0.4 is 4.90 Å². The quantitative estimate of drug-likeness (QED) is 0.594. The Morgan fingerprint density at radius 2 is 1.67 bits per heavy atom. The van der Waals surface area contributed by atoms with Gasteiger partial charge in [-0.1, -0.05) is 18.2 Å². The number of allylic oxidation sites excluding steroid dienone is 2. The molecule has 0 aliphatic carbocycles. The maximum Gasteiger partial charge on any atom is 0.291 e. The van der Waals surface area contributed by atoms with Crippen LogP contribution in [0.4, 0.5) is 17.1 Å². The topological polar surface area (TPSA) is 133 Å². The summed E-state index contributed by atoms with van der Waals surface area (Å²) >= 11 is 0. The fourth-order valence-electron chi connectivity index (χ4n) is 2.90. The lowest BCUT2D eigenvalue weighted by Crippen LogP contribution is -2.15. The minimum atomic E-state index is -0.864. The van der Waals surface area contributed by atoms with Crippen LogP contribution in [0.1, 0.15) is 11.1 Å². The molecular formula is C17H12N4O6. The minimum Gasteiger partial charge on any atom is -0.351 e. The number of nitrogens with zero attached hydrogens (tertiary/aromatic N) is 4. The maximum absolute atomic E-state index is 11.8. The van der Waals surface area contributed by atoms with Gasteiger partial charge in [0.25, 0.3) is 17.1 Å². The Hall–Kier alpha value is -4.08. The van der Waals surface area contributed by atoms with Crippen molar-refractivity contribution < 1.29 is 14.8 Å². The van der Waals surface area contributed by atoms with Crippen LogP contribution >= 0.6 is 0 Å². The first-order valence-electron chi connectivity index (χ1n) is 7.63. The molecule has 0 unspecified atom stereocenters. The van der Waals surface area contributed by atoms with Crippen LogP contribution in [0.15, 0.2) is 54.7 Å². The second-order valence-corrected chi connectivity index (χ2v) is 5.68. The molecule has 136 valence electrons. The number of fused-ring (bicyclic) bond motifs is 1. The molecule has 0 atom stereocenters. The molecule has 0 N–H and O–H groups in total. The van der Waals surface area contributed by atoms with Gasteiger partial charge in [0, 0.05) is 30.6 Å². The van der Waals surface area contributed by atoms with E-state index in [4.69, 9.17) is 0 Å². The molecule has 2 aromatic carbocycles. The van der Waals surface area contributed by atoms with Gasteiger partial charge in [0.1, 0.15) is 5.56 Å². The van der Waals surface area contributed by atoms with E-state index in [1.54, 1.807) is 42.4 Å². The number of anilines is 1. The van der Waals surface area contributed by atoms with Crippen LogP contribution in [-0.4, -0.2) is 21.8 Å². The molecule has 10 nitrogen and oxygen atoms in total. The number of rotatable bonds is 4. The van der Waals surface area contributed by atoms with Crippen LogP contribution in [-0.2, 0) is 0 Å². The summed E-state index contributed by atoms with van der Waals surface area (Å²) in [6.45, 7) is 0. The van der Waals surface area contributed by atoms with Crippen molar-refractivity contribution in [3.05, 3.63) is 96.2 Å². The lowest BCUT2D eigenvalue weighted by Gasteiger charge is -2.23. The van der Waals surface area contributed by atoms with Gasteiger partial charge in [-0.25, -0.2) is 0 Å². The monoisotopic (exact) mass is 368 g/mol. The summed E-state index contributed by atoms with van der Waals surface area (Å²) in [7, 11) is 1.77. The largest absolute Gasteiger partial charge is 0.351 e. The molecule has 0 saturated heterocycles. The van der Waals surface area contributed by atoms with E-state index in [2.05, 4.69) is 0 Å². The predicted molar refractivity (Wildman–Crippen MR) is 97.5 cm³/mol. The molecule has 27 heavy (non-hydrogen) atoms. The molecule has 10 heteroatoms. The van der Waals surface area contributed by atoms with E-state index < -0.39 is 31.8 Å². The second-order valence-electron chi connectivity index (χ2n) is 5.68. The summed E-state index contributed by atoms with van der Waals surface area (Å²) in [6, 6.07) is 9.68. The molecule has 2 aromatic rings. The normalized spacial score (nSPS) is 14.5. The summed E-state index contributed by atoms with van der Waals surface area (Å²) in [5, 5.41) is 34.2. The van der Waals surface area contributed by atoms with Gasteiger partial charge in [0.2, 0.25) is 0 Å². The number of benzene rings is 2. The Kier molecular flexibility index (Phi) is 4.38. The molecule has 0 spiro atoms. The predicted octanol–water partition coefficient (Wildman–Crippen LogP) is 3.61. The molecular weight excluding hydrogens is 356 g/mol. The van der Waals surface area contributed by atoms with Crippen molar-refractivity contribution in [2.45, 2.75) is 0 Å². The van der Waals surface area contributed by atoms with Gasteiger partial charge in [0.05, 0.1) is 26.4 Å². The van der Waals surface area contributed by atoms with Crippen LogP contribution in [0.25, 0.3) is 11.3 Å². The summed E-state index contributed by atoms with van der Waals surface area (Å²) in [5.41, 5.74) is -0.597. The minimum absolute atomic E-state index is 0.186. The van der Waals surface area contributed by atoms with E-state index in [1.807, 2.05) is 0 Å². The van der Waals surface area contributed by atoms with Gasteiger partial charge >= 0.3 is 0 Å². The van der Waals surface area contributed by atoms with Crippen molar-refractivity contribution in [1.29, 1.82) is 0 Å². The third-order valence-electron chi connectivity index (χ3n) is 4.12. The zero-order valence-corrected chi connectivity index (χ0v) is 13.9. The van der Waals surface area contributed by atoms with E-state index in [9.17, 15) is 30.3 Å². The van der Waals surface area contributed by atoms with Gasteiger partial charge < -0.3 is 4.90 Å². The van der Waals surface area contributed by atoms with E-state index in [-0.39, 0.29) is 11.1 Å². The average Bonchev–Trinajstić information content (AvgIpc) is 2.63. The highest BCUT2D eigenvalue weighted by Gasteiger charge is 2.32. The Balaban J connectivity index is 2.35. The van der Waals surface area contributed by atoms with Crippen LogP contribution in [0.2, 0.25) is 0 Å². The fraction of sp³-hybridized carbons (Fsp3) is 0.0588. The van der Waals surface area contributed by atoms with Gasteiger partial charge in [-0.3, -0.25) is 30.3 Å². The third kappa shape index (κ3) is 3.11.